The van der Waals surface area contributed by atoms with E-state index in [9.17, 15) is 4.79 Å². The second kappa shape index (κ2) is 6.89. The third kappa shape index (κ3) is 3.57. The van der Waals surface area contributed by atoms with Crippen LogP contribution in [0.1, 0.15) is 38.1 Å². The van der Waals surface area contributed by atoms with E-state index in [2.05, 4.69) is 22.4 Å². The number of anilines is 1. The molecule has 0 aliphatic rings. The van der Waals surface area contributed by atoms with Crippen LogP contribution < -0.4 is 11.1 Å². The average molecular weight is 344 g/mol. The summed E-state index contributed by atoms with van der Waals surface area (Å²) in [5, 5.41) is 12.1. The highest BCUT2D eigenvalue weighted by Crippen LogP contribution is 2.27. The van der Waals surface area contributed by atoms with Crippen LogP contribution in [-0.2, 0) is 6.42 Å². The summed E-state index contributed by atoms with van der Waals surface area (Å²) in [5.41, 5.74) is 6.64. The van der Waals surface area contributed by atoms with Gasteiger partial charge in [0.05, 0.1) is 4.88 Å². The van der Waals surface area contributed by atoms with E-state index < -0.39 is 0 Å². The highest BCUT2D eigenvalue weighted by molar-refractivity contribution is 7.15. The molecule has 1 aromatic carbocycles. The second-order valence-corrected chi connectivity index (χ2v) is 7.12. The van der Waals surface area contributed by atoms with Gasteiger partial charge in [-0.3, -0.25) is 4.79 Å². The number of aromatic nitrogens is 2. The van der Waals surface area contributed by atoms with Gasteiger partial charge in [0, 0.05) is 4.88 Å². The summed E-state index contributed by atoms with van der Waals surface area (Å²) in [5.74, 6) is -0.114. The number of benzene rings is 1. The third-order valence-electron chi connectivity index (χ3n) is 3.35. The normalized spacial score (nSPS) is 12.0. The predicted octanol–water partition coefficient (Wildman–Crippen LogP) is 3.26. The zero-order valence-corrected chi connectivity index (χ0v) is 14.2. The number of amides is 1. The highest BCUT2D eigenvalue weighted by Gasteiger charge is 2.22. The highest BCUT2D eigenvalue weighted by atomic mass is 32.1. The fourth-order valence-electron chi connectivity index (χ4n) is 2.19. The molecule has 3 N–H and O–H groups in total. The molecule has 0 saturated heterocycles. The van der Waals surface area contributed by atoms with Crippen molar-refractivity contribution in [3.8, 4) is 0 Å². The van der Waals surface area contributed by atoms with Gasteiger partial charge in [-0.15, -0.1) is 21.5 Å². The van der Waals surface area contributed by atoms with Gasteiger partial charge in [-0.1, -0.05) is 48.6 Å². The van der Waals surface area contributed by atoms with Gasteiger partial charge < -0.3 is 11.1 Å². The average Bonchev–Trinajstić information content (AvgIpc) is 3.22. The van der Waals surface area contributed by atoms with Crippen LogP contribution in [0.4, 0.5) is 5.13 Å². The quantitative estimate of drug-likeness (QED) is 0.744. The first kappa shape index (κ1) is 15.6. The third-order valence-corrected chi connectivity index (χ3v) is 5.39. The van der Waals surface area contributed by atoms with Gasteiger partial charge >= 0.3 is 0 Å². The van der Waals surface area contributed by atoms with Crippen molar-refractivity contribution >= 4 is 33.7 Å². The van der Waals surface area contributed by atoms with Crippen LogP contribution in [0.2, 0.25) is 0 Å². The van der Waals surface area contributed by atoms with Crippen molar-refractivity contribution in [2.45, 2.75) is 19.4 Å². The minimum absolute atomic E-state index is 0.114. The maximum absolute atomic E-state index is 12.6. The maximum Gasteiger partial charge on any atom is 0.262 e. The number of carbonyl (C=O) groups excluding carboxylic acids is 1. The summed E-state index contributed by atoms with van der Waals surface area (Å²) >= 11 is 2.79. The fourth-order valence-corrected chi connectivity index (χ4v) is 3.73. The molecule has 0 spiro atoms. The molecule has 5 nitrogen and oxygen atoms in total. The lowest BCUT2D eigenvalue weighted by Crippen LogP contribution is -2.28. The lowest BCUT2D eigenvalue weighted by molar-refractivity contribution is 0.0947. The maximum atomic E-state index is 12.6. The number of thiophene rings is 1. The SMILES string of the molecule is CCc1ccc(C(=O)N[C@@H](c2ccccc2)c2nnc(N)s2)s1. The zero-order valence-electron chi connectivity index (χ0n) is 12.5. The molecule has 3 rings (SSSR count). The van der Waals surface area contributed by atoms with Gasteiger partial charge in [-0.25, -0.2) is 0 Å². The number of nitrogen functional groups attached to an aromatic ring is 1. The van der Waals surface area contributed by atoms with Crippen LogP contribution >= 0.6 is 22.7 Å². The van der Waals surface area contributed by atoms with Crippen LogP contribution in [0.5, 0.6) is 0 Å². The largest absolute Gasteiger partial charge is 0.374 e. The Kier molecular flexibility index (Phi) is 4.68. The number of nitrogens with two attached hydrogens (primary N) is 1. The Bertz CT molecular complexity index is 797. The molecule has 0 bridgehead atoms. The summed E-state index contributed by atoms with van der Waals surface area (Å²) < 4.78 is 0. The Balaban J connectivity index is 1.88. The molecule has 0 radical (unpaired) electrons. The number of nitrogens with one attached hydrogen (secondary N) is 1. The molecule has 23 heavy (non-hydrogen) atoms. The lowest BCUT2D eigenvalue weighted by atomic mass is 10.1. The van der Waals surface area contributed by atoms with Gasteiger partial charge in [-0.2, -0.15) is 0 Å². The molecule has 0 aliphatic carbocycles. The summed E-state index contributed by atoms with van der Waals surface area (Å²) in [6, 6.07) is 13.2. The van der Waals surface area contributed by atoms with E-state index >= 15 is 0 Å². The van der Waals surface area contributed by atoms with E-state index in [0.29, 0.717) is 15.0 Å². The Morgan fingerprint density at radius 3 is 2.57 bits per heavy atom. The Morgan fingerprint density at radius 2 is 1.96 bits per heavy atom. The van der Waals surface area contributed by atoms with Crippen LogP contribution in [0.15, 0.2) is 42.5 Å². The molecule has 2 aromatic heterocycles. The van der Waals surface area contributed by atoms with Crippen molar-refractivity contribution in [3.05, 3.63) is 62.8 Å². The summed E-state index contributed by atoms with van der Waals surface area (Å²) in [4.78, 5) is 14.4. The first-order valence-electron chi connectivity index (χ1n) is 7.20. The number of nitrogens with zero attached hydrogens (tertiary/aromatic N) is 2. The van der Waals surface area contributed by atoms with Gasteiger partial charge in [-0.05, 0) is 24.1 Å². The molecule has 1 atom stereocenters. The summed E-state index contributed by atoms with van der Waals surface area (Å²) in [6.45, 7) is 2.07. The van der Waals surface area contributed by atoms with Crippen molar-refractivity contribution in [1.82, 2.24) is 15.5 Å². The Hall–Kier alpha value is -2.25. The first-order valence-corrected chi connectivity index (χ1v) is 8.84. The number of hydrogen-bond acceptors (Lipinski definition) is 6. The fraction of sp³-hybridized carbons (Fsp3) is 0.188. The van der Waals surface area contributed by atoms with E-state index in [4.69, 9.17) is 5.73 Å². The molecule has 0 saturated carbocycles. The lowest BCUT2D eigenvalue weighted by Gasteiger charge is -2.16. The van der Waals surface area contributed by atoms with Gasteiger partial charge in [0.2, 0.25) is 5.13 Å². The monoisotopic (exact) mass is 344 g/mol. The number of aryl methyl sites for hydroxylation is 1. The van der Waals surface area contributed by atoms with E-state index in [1.54, 1.807) is 0 Å². The molecule has 1 amide bonds. The van der Waals surface area contributed by atoms with Gasteiger partial charge in [0.1, 0.15) is 11.0 Å². The molecule has 0 aliphatic heterocycles. The van der Waals surface area contributed by atoms with Crippen LogP contribution in [0.3, 0.4) is 0 Å². The molecular formula is C16H16N4OS2. The standard InChI is InChI=1S/C16H16N4OS2/c1-2-11-8-9-12(22-11)14(21)18-13(10-6-4-3-5-7-10)15-19-20-16(17)23-15/h3-9,13H,2H2,1H3,(H2,17,20)(H,18,21)/t13-/m0/s1. The smallest absolute Gasteiger partial charge is 0.262 e. The van der Waals surface area contributed by atoms with Crippen LogP contribution in [-0.4, -0.2) is 16.1 Å². The topological polar surface area (TPSA) is 80.9 Å². The van der Waals surface area contributed by atoms with Crippen molar-refractivity contribution in [1.29, 1.82) is 0 Å². The van der Waals surface area contributed by atoms with E-state index in [1.807, 2.05) is 42.5 Å². The molecule has 3 aromatic rings. The van der Waals surface area contributed by atoms with E-state index in [1.165, 1.54) is 27.6 Å². The van der Waals surface area contributed by atoms with E-state index in [0.717, 1.165) is 12.0 Å². The number of rotatable bonds is 5. The molecule has 118 valence electrons. The van der Waals surface area contributed by atoms with Gasteiger partial charge in [0.15, 0.2) is 0 Å². The second-order valence-electron chi connectivity index (χ2n) is 4.92. The van der Waals surface area contributed by atoms with Crippen molar-refractivity contribution < 1.29 is 4.79 Å². The molecular weight excluding hydrogens is 328 g/mol. The Labute approximate surface area is 142 Å². The summed E-state index contributed by atoms with van der Waals surface area (Å²) in [6.07, 6.45) is 0.924. The predicted molar refractivity (Wildman–Crippen MR) is 93.8 cm³/mol. The van der Waals surface area contributed by atoms with Crippen molar-refractivity contribution in [2.75, 3.05) is 5.73 Å². The Morgan fingerprint density at radius 1 is 1.17 bits per heavy atom. The molecule has 0 fully saturated rings. The molecule has 2 heterocycles. The molecule has 7 heteroatoms. The van der Waals surface area contributed by atoms with E-state index in [-0.39, 0.29) is 11.9 Å². The minimum Gasteiger partial charge on any atom is -0.374 e. The number of hydrogen-bond donors (Lipinski definition) is 2. The first-order chi connectivity index (χ1) is 11.2. The van der Waals surface area contributed by atoms with Crippen LogP contribution in [0, 0.1) is 0 Å². The van der Waals surface area contributed by atoms with Crippen molar-refractivity contribution in [2.24, 2.45) is 0 Å². The number of carbonyl (C=O) groups is 1. The van der Waals surface area contributed by atoms with Crippen LogP contribution in [0.25, 0.3) is 0 Å². The van der Waals surface area contributed by atoms with Crippen molar-refractivity contribution in [3.63, 3.8) is 0 Å². The van der Waals surface area contributed by atoms with Gasteiger partial charge in [0.25, 0.3) is 5.91 Å². The minimum atomic E-state index is -0.356. The summed E-state index contributed by atoms with van der Waals surface area (Å²) in [7, 11) is 0. The zero-order chi connectivity index (χ0) is 16.2. The molecule has 0 unspecified atom stereocenters.